The monoisotopic (exact) mass is 320 g/mol. The summed E-state index contributed by atoms with van der Waals surface area (Å²) in [5, 5.41) is 0. The SMILES string of the molecule is CCC(C)(C)C(=O)OC.CCC(C)c1ccc(C(C)(C)C)cc1. The molecular formula is C21H36O2. The average molecular weight is 321 g/mol. The minimum absolute atomic E-state index is 0.134. The van der Waals surface area contributed by atoms with Crippen molar-refractivity contribution in [2.45, 2.75) is 79.6 Å². The van der Waals surface area contributed by atoms with Crippen molar-refractivity contribution in [3.05, 3.63) is 35.4 Å². The van der Waals surface area contributed by atoms with Crippen LogP contribution in [0, 0.1) is 5.41 Å². The molecule has 0 saturated carbocycles. The number of carbonyl (C=O) groups excluding carboxylic acids is 1. The minimum Gasteiger partial charge on any atom is -0.469 e. The molecule has 1 aromatic rings. The Morgan fingerprint density at radius 2 is 1.52 bits per heavy atom. The van der Waals surface area contributed by atoms with Crippen LogP contribution in [-0.2, 0) is 14.9 Å². The van der Waals surface area contributed by atoms with Gasteiger partial charge in [0.2, 0.25) is 0 Å². The van der Waals surface area contributed by atoms with Gasteiger partial charge in [-0.3, -0.25) is 4.79 Å². The maximum atomic E-state index is 10.8. The van der Waals surface area contributed by atoms with Crippen LogP contribution in [0.4, 0.5) is 0 Å². The molecule has 1 rings (SSSR count). The van der Waals surface area contributed by atoms with E-state index in [-0.39, 0.29) is 16.8 Å². The Kier molecular flexibility index (Phi) is 8.58. The van der Waals surface area contributed by atoms with E-state index in [1.165, 1.54) is 24.7 Å². The quantitative estimate of drug-likeness (QED) is 0.627. The van der Waals surface area contributed by atoms with Gasteiger partial charge in [-0.05, 0) is 49.1 Å². The minimum atomic E-state index is -0.311. The molecule has 0 aromatic heterocycles. The van der Waals surface area contributed by atoms with Gasteiger partial charge in [0.05, 0.1) is 12.5 Å². The summed E-state index contributed by atoms with van der Waals surface area (Å²) in [5.41, 5.74) is 2.84. The summed E-state index contributed by atoms with van der Waals surface area (Å²) in [6, 6.07) is 9.08. The first-order chi connectivity index (χ1) is 10.5. The molecule has 0 amide bonds. The van der Waals surface area contributed by atoms with Gasteiger partial charge in [-0.15, -0.1) is 0 Å². The molecule has 1 unspecified atom stereocenters. The van der Waals surface area contributed by atoms with Gasteiger partial charge in [0.15, 0.2) is 0 Å². The number of hydrogen-bond acceptors (Lipinski definition) is 2. The van der Waals surface area contributed by atoms with Crippen molar-refractivity contribution in [1.82, 2.24) is 0 Å². The lowest BCUT2D eigenvalue weighted by Crippen LogP contribution is -2.24. The van der Waals surface area contributed by atoms with E-state index >= 15 is 0 Å². The first-order valence-electron chi connectivity index (χ1n) is 8.68. The van der Waals surface area contributed by atoms with Crippen LogP contribution in [0.15, 0.2) is 24.3 Å². The number of benzene rings is 1. The second-order valence-corrected chi connectivity index (χ2v) is 7.91. The molecule has 1 aromatic carbocycles. The highest BCUT2D eigenvalue weighted by Crippen LogP contribution is 2.25. The van der Waals surface area contributed by atoms with Crippen LogP contribution >= 0.6 is 0 Å². The average Bonchev–Trinajstić information content (AvgIpc) is 2.53. The molecule has 0 saturated heterocycles. The van der Waals surface area contributed by atoms with E-state index < -0.39 is 0 Å². The highest BCUT2D eigenvalue weighted by Gasteiger charge is 2.25. The second kappa shape index (κ2) is 9.10. The predicted octanol–water partition coefficient (Wildman–Crippen LogP) is 6.09. The van der Waals surface area contributed by atoms with Crippen molar-refractivity contribution < 1.29 is 9.53 Å². The summed E-state index contributed by atoms with van der Waals surface area (Å²) in [4.78, 5) is 10.8. The van der Waals surface area contributed by atoms with Gasteiger partial charge in [0, 0.05) is 0 Å². The molecule has 0 N–H and O–H groups in total. The zero-order valence-electron chi connectivity index (χ0n) is 16.6. The lowest BCUT2D eigenvalue weighted by molar-refractivity contribution is -0.150. The first-order valence-corrected chi connectivity index (χ1v) is 8.68. The van der Waals surface area contributed by atoms with Crippen LogP contribution < -0.4 is 0 Å². The molecular weight excluding hydrogens is 284 g/mol. The van der Waals surface area contributed by atoms with E-state index in [1.807, 2.05) is 20.8 Å². The zero-order chi connectivity index (χ0) is 18.3. The zero-order valence-corrected chi connectivity index (χ0v) is 16.6. The molecule has 23 heavy (non-hydrogen) atoms. The summed E-state index contributed by atoms with van der Waals surface area (Å²) in [7, 11) is 1.42. The van der Waals surface area contributed by atoms with Crippen molar-refractivity contribution >= 4 is 5.97 Å². The number of ether oxygens (including phenoxy) is 1. The fourth-order valence-electron chi connectivity index (χ4n) is 1.97. The van der Waals surface area contributed by atoms with Crippen LogP contribution in [0.5, 0.6) is 0 Å². The number of hydrogen-bond donors (Lipinski definition) is 0. The van der Waals surface area contributed by atoms with Crippen LogP contribution in [0.3, 0.4) is 0 Å². The van der Waals surface area contributed by atoms with Gasteiger partial charge in [-0.1, -0.05) is 65.8 Å². The Morgan fingerprint density at radius 1 is 1.04 bits per heavy atom. The molecule has 0 spiro atoms. The predicted molar refractivity (Wildman–Crippen MR) is 99.9 cm³/mol. The van der Waals surface area contributed by atoms with Gasteiger partial charge in [-0.25, -0.2) is 0 Å². The molecule has 0 aliphatic rings. The Balaban J connectivity index is 0.000000468. The molecule has 2 heteroatoms. The topological polar surface area (TPSA) is 26.3 Å². The van der Waals surface area contributed by atoms with Gasteiger partial charge in [0.25, 0.3) is 0 Å². The van der Waals surface area contributed by atoms with E-state index in [0.717, 1.165) is 6.42 Å². The lowest BCUT2D eigenvalue weighted by Gasteiger charge is -2.20. The smallest absolute Gasteiger partial charge is 0.311 e. The molecule has 0 aliphatic carbocycles. The Morgan fingerprint density at radius 3 is 1.78 bits per heavy atom. The summed E-state index contributed by atoms with van der Waals surface area (Å²) in [6.07, 6.45) is 2.04. The molecule has 132 valence electrons. The first kappa shape index (κ1) is 21.7. The van der Waals surface area contributed by atoms with Gasteiger partial charge in [-0.2, -0.15) is 0 Å². The maximum Gasteiger partial charge on any atom is 0.311 e. The van der Waals surface area contributed by atoms with E-state index in [2.05, 4.69) is 63.6 Å². The molecule has 2 nitrogen and oxygen atoms in total. The number of methoxy groups -OCH3 is 1. The third kappa shape index (κ3) is 7.20. The molecule has 0 bridgehead atoms. The lowest BCUT2D eigenvalue weighted by atomic mass is 9.85. The maximum absolute atomic E-state index is 10.8. The largest absolute Gasteiger partial charge is 0.469 e. The van der Waals surface area contributed by atoms with Crippen molar-refractivity contribution in [1.29, 1.82) is 0 Å². The number of carbonyl (C=O) groups is 1. The Hall–Kier alpha value is -1.31. The van der Waals surface area contributed by atoms with E-state index in [4.69, 9.17) is 0 Å². The fourth-order valence-corrected chi connectivity index (χ4v) is 1.97. The Labute approximate surface area is 143 Å². The summed E-state index contributed by atoms with van der Waals surface area (Å²) in [5.74, 6) is 0.550. The van der Waals surface area contributed by atoms with Crippen molar-refractivity contribution in [2.24, 2.45) is 5.41 Å². The van der Waals surface area contributed by atoms with Crippen LogP contribution in [0.2, 0.25) is 0 Å². The van der Waals surface area contributed by atoms with Gasteiger partial charge < -0.3 is 4.74 Å². The molecule has 1 atom stereocenters. The van der Waals surface area contributed by atoms with Crippen LogP contribution in [-0.4, -0.2) is 13.1 Å². The summed E-state index contributed by atoms with van der Waals surface area (Å²) < 4.78 is 4.57. The van der Waals surface area contributed by atoms with Crippen molar-refractivity contribution in [3.63, 3.8) is 0 Å². The number of esters is 1. The van der Waals surface area contributed by atoms with Crippen molar-refractivity contribution in [2.75, 3.05) is 7.11 Å². The number of rotatable bonds is 4. The van der Waals surface area contributed by atoms with Crippen molar-refractivity contribution in [3.8, 4) is 0 Å². The third-order valence-electron chi connectivity index (χ3n) is 4.58. The molecule has 0 aliphatic heterocycles. The van der Waals surface area contributed by atoms with E-state index in [1.54, 1.807) is 0 Å². The fraction of sp³-hybridized carbons (Fsp3) is 0.667. The molecule has 0 fully saturated rings. The highest BCUT2D eigenvalue weighted by atomic mass is 16.5. The molecule has 0 radical (unpaired) electrons. The van der Waals surface area contributed by atoms with Crippen LogP contribution in [0.25, 0.3) is 0 Å². The van der Waals surface area contributed by atoms with E-state index in [9.17, 15) is 4.79 Å². The second-order valence-electron chi connectivity index (χ2n) is 7.91. The third-order valence-corrected chi connectivity index (χ3v) is 4.58. The normalized spacial score (nSPS) is 12.9. The summed E-state index contributed by atoms with van der Waals surface area (Å²) >= 11 is 0. The summed E-state index contributed by atoms with van der Waals surface area (Å²) in [6.45, 7) is 17.0. The van der Waals surface area contributed by atoms with Crippen LogP contribution in [0.1, 0.15) is 85.3 Å². The standard InChI is InChI=1S/C14H22.C7H14O2/c1-6-11(2)12-7-9-13(10-8-12)14(3,4)5;1-5-7(2,3)6(8)9-4/h7-11H,6H2,1-5H3;5H2,1-4H3. The van der Waals surface area contributed by atoms with E-state index in [0.29, 0.717) is 5.92 Å². The highest BCUT2D eigenvalue weighted by molar-refractivity contribution is 5.75. The van der Waals surface area contributed by atoms with Gasteiger partial charge in [0.1, 0.15) is 0 Å². The molecule has 0 heterocycles. The van der Waals surface area contributed by atoms with Gasteiger partial charge >= 0.3 is 5.97 Å². The Bertz CT molecular complexity index is 464.